The first-order valence-corrected chi connectivity index (χ1v) is 16.9. The van der Waals surface area contributed by atoms with Crippen LogP contribution in [0.15, 0.2) is 0 Å². The van der Waals surface area contributed by atoms with Gasteiger partial charge in [-0.3, -0.25) is 0 Å². The van der Waals surface area contributed by atoms with Gasteiger partial charge >= 0.3 is 0 Å². The zero-order chi connectivity index (χ0) is 28.9. The second kappa shape index (κ2) is 36.4. The monoisotopic (exact) mass is 538 g/mol. The van der Waals surface area contributed by atoms with Crippen LogP contribution >= 0.6 is 0 Å². The predicted molar refractivity (Wildman–Crippen MR) is 178 cm³/mol. The highest BCUT2D eigenvalue weighted by molar-refractivity contribution is 5.44. The van der Waals surface area contributed by atoms with Gasteiger partial charge in [0.25, 0.3) is 0 Å². The summed E-state index contributed by atoms with van der Waals surface area (Å²) < 4.78 is 0. The number of unbranched alkanes of at least 4 members (excludes halogenated alkanes) is 24. The molecule has 0 nitrogen and oxygen atoms in total. The molecule has 0 saturated heterocycles. The summed E-state index contributed by atoms with van der Waals surface area (Å²) in [5, 5.41) is 0. The first-order valence-electron chi connectivity index (χ1n) is 16.9. The Morgan fingerprint density at radius 1 is 0.225 bits per heavy atom. The zero-order valence-electron chi connectivity index (χ0n) is 26.4. The highest BCUT2D eigenvalue weighted by Gasteiger charge is 1.94. The fourth-order valence-corrected chi connectivity index (χ4v) is 4.57. The Bertz CT molecular complexity index is 846. The lowest BCUT2D eigenvalue weighted by Gasteiger charge is -2.01. The van der Waals surface area contributed by atoms with Crippen LogP contribution in [0.3, 0.4) is 0 Å². The first kappa shape index (κ1) is 37.4. The molecule has 0 unspecified atom stereocenters. The average molecular weight is 539 g/mol. The van der Waals surface area contributed by atoms with E-state index < -0.39 is 0 Å². The molecule has 0 amide bonds. The topological polar surface area (TPSA) is 0 Å². The molecule has 0 atom stereocenters. The Kier molecular flexibility index (Phi) is 34.0. The molecule has 0 spiro atoms. The molecular weight excluding hydrogens is 480 g/mol. The van der Waals surface area contributed by atoms with Crippen molar-refractivity contribution in [3.8, 4) is 71.0 Å². The van der Waals surface area contributed by atoms with Gasteiger partial charge in [0.15, 0.2) is 0 Å². The van der Waals surface area contributed by atoms with E-state index in [1.165, 1.54) is 154 Å². The lowest BCUT2D eigenvalue weighted by molar-refractivity contribution is 0.545. The average Bonchev–Trinajstić information content (AvgIpc) is 2.97. The molecule has 0 aliphatic rings. The molecule has 0 aromatic heterocycles. The Hall–Kier alpha value is -2.64. The molecule has 0 fully saturated rings. The van der Waals surface area contributed by atoms with Crippen molar-refractivity contribution in [2.75, 3.05) is 0 Å². The third kappa shape index (κ3) is 35.4. The number of hydrogen-bond acceptors (Lipinski definition) is 0. The van der Waals surface area contributed by atoms with Crippen molar-refractivity contribution in [3.05, 3.63) is 0 Å². The SMILES string of the molecule is CCCCCCCCCCCCCCC#CC#CC#CC#CC#CC#CCCCCCCCCCCCCCC. The van der Waals surface area contributed by atoms with Gasteiger partial charge in [-0.15, -0.1) is 0 Å². The summed E-state index contributed by atoms with van der Waals surface area (Å²) >= 11 is 0. The quantitative estimate of drug-likeness (QED) is 0.0846. The van der Waals surface area contributed by atoms with Crippen LogP contribution in [0, 0.1) is 71.0 Å². The van der Waals surface area contributed by atoms with E-state index in [1.807, 2.05) is 0 Å². The summed E-state index contributed by atoms with van der Waals surface area (Å²) in [6.45, 7) is 4.56. The van der Waals surface area contributed by atoms with Crippen LogP contribution in [0.4, 0.5) is 0 Å². The van der Waals surface area contributed by atoms with Gasteiger partial charge in [0.2, 0.25) is 0 Å². The van der Waals surface area contributed by atoms with Gasteiger partial charge in [-0.1, -0.05) is 167 Å². The molecule has 0 heterocycles. The molecule has 0 radical (unpaired) electrons. The van der Waals surface area contributed by atoms with Crippen LogP contribution in [0.5, 0.6) is 0 Å². The molecule has 0 saturated carbocycles. The van der Waals surface area contributed by atoms with Crippen LogP contribution in [-0.2, 0) is 0 Å². The van der Waals surface area contributed by atoms with Gasteiger partial charge in [0.05, 0.1) is 0 Å². The van der Waals surface area contributed by atoms with Crippen LogP contribution < -0.4 is 0 Å². The van der Waals surface area contributed by atoms with Crippen LogP contribution in [0.2, 0.25) is 0 Å². The summed E-state index contributed by atoms with van der Waals surface area (Å²) in [5.41, 5.74) is 0. The van der Waals surface area contributed by atoms with E-state index in [0.717, 1.165) is 12.8 Å². The van der Waals surface area contributed by atoms with E-state index in [4.69, 9.17) is 0 Å². The number of hydrogen-bond donors (Lipinski definition) is 0. The summed E-state index contributed by atoms with van der Waals surface area (Å²) in [6, 6.07) is 0. The fraction of sp³-hybridized carbons (Fsp3) is 0.700. The van der Waals surface area contributed by atoms with Gasteiger partial charge in [-0.05, 0) is 72.0 Å². The normalized spacial score (nSPS) is 9.15. The Morgan fingerprint density at radius 3 is 0.675 bits per heavy atom. The second-order valence-corrected chi connectivity index (χ2v) is 10.9. The molecule has 0 N–H and O–H groups in total. The Labute approximate surface area is 251 Å². The minimum atomic E-state index is 0.926. The Morgan fingerprint density at radius 2 is 0.425 bits per heavy atom. The maximum absolute atomic E-state index is 3.12. The maximum atomic E-state index is 3.12. The largest absolute Gasteiger partial charge is 0.0891 e. The van der Waals surface area contributed by atoms with Crippen molar-refractivity contribution in [2.24, 2.45) is 0 Å². The van der Waals surface area contributed by atoms with Crippen molar-refractivity contribution in [3.63, 3.8) is 0 Å². The van der Waals surface area contributed by atoms with Gasteiger partial charge in [-0.2, -0.15) is 0 Å². The van der Waals surface area contributed by atoms with E-state index in [0.29, 0.717) is 0 Å². The van der Waals surface area contributed by atoms with Gasteiger partial charge < -0.3 is 0 Å². The molecule has 40 heavy (non-hydrogen) atoms. The van der Waals surface area contributed by atoms with Gasteiger partial charge in [0.1, 0.15) is 0 Å². The van der Waals surface area contributed by atoms with Crippen LogP contribution in [-0.4, -0.2) is 0 Å². The van der Waals surface area contributed by atoms with Crippen molar-refractivity contribution < 1.29 is 0 Å². The Balaban J connectivity index is 3.58. The minimum absolute atomic E-state index is 0.926. The summed E-state index contributed by atoms with van der Waals surface area (Å²) in [5.74, 6) is 33.8. The molecule has 0 aromatic rings. The maximum Gasteiger partial charge on any atom is 0.00989 e. The minimum Gasteiger partial charge on any atom is -0.0891 e. The van der Waals surface area contributed by atoms with Crippen LogP contribution in [0.1, 0.15) is 181 Å². The van der Waals surface area contributed by atoms with E-state index in [9.17, 15) is 0 Å². The van der Waals surface area contributed by atoms with E-state index in [-0.39, 0.29) is 0 Å². The standard InChI is InChI=1S/C40H58/c1-3-5-7-9-11-13-15-17-19-21-23-25-27-29-31-33-35-37-39-40-38-36-34-32-30-28-26-24-22-20-18-16-14-12-10-8-6-4-2/h3-28H2,1-2H3. The first-order chi connectivity index (χ1) is 19.9. The van der Waals surface area contributed by atoms with Crippen molar-refractivity contribution in [2.45, 2.75) is 181 Å². The third-order valence-corrected chi connectivity index (χ3v) is 7.05. The predicted octanol–water partition coefficient (Wildman–Crippen LogP) is 11.2. The van der Waals surface area contributed by atoms with Crippen LogP contribution in [0.25, 0.3) is 0 Å². The number of rotatable bonds is 24. The summed E-state index contributed by atoms with van der Waals surface area (Å²) in [7, 11) is 0. The molecule has 0 bridgehead atoms. The molecule has 0 heteroatoms. The smallest absolute Gasteiger partial charge is 0.00989 e. The second-order valence-electron chi connectivity index (χ2n) is 10.9. The third-order valence-electron chi connectivity index (χ3n) is 7.05. The molecule has 218 valence electrons. The fourth-order valence-electron chi connectivity index (χ4n) is 4.57. The highest BCUT2D eigenvalue weighted by atomic mass is 14.0. The zero-order valence-corrected chi connectivity index (χ0v) is 26.4. The molecule has 0 aliphatic heterocycles. The van der Waals surface area contributed by atoms with Gasteiger partial charge in [-0.25, -0.2) is 0 Å². The molecule has 0 rings (SSSR count). The van der Waals surface area contributed by atoms with Crippen molar-refractivity contribution >= 4 is 0 Å². The van der Waals surface area contributed by atoms with E-state index in [1.54, 1.807) is 0 Å². The highest BCUT2D eigenvalue weighted by Crippen LogP contribution is 2.13. The van der Waals surface area contributed by atoms with Crippen molar-refractivity contribution in [1.82, 2.24) is 0 Å². The lowest BCUT2D eigenvalue weighted by Crippen LogP contribution is -1.82. The summed E-state index contributed by atoms with van der Waals surface area (Å²) in [4.78, 5) is 0. The van der Waals surface area contributed by atoms with E-state index in [2.05, 4.69) is 84.9 Å². The summed E-state index contributed by atoms with van der Waals surface area (Å²) in [6.07, 6.45) is 34.7. The lowest BCUT2D eigenvalue weighted by atomic mass is 10.0. The van der Waals surface area contributed by atoms with Crippen molar-refractivity contribution in [1.29, 1.82) is 0 Å². The molecular formula is C40H58. The molecule has 0 aromatic carbocycles. The molecule has 0 aliphatic carbocycles. The van der Waals surface area contributed by atoms with Gasteiger partial charge in [0, 0.05) is 12.8 Å². The van der Waals surface area contributed by atoms with E-state index >= 15 is 0 Å².